The topological polar surface area (TPSA) is 75.1 Å². The molecule has 0 radical (unpaired) electrons. The highest BCUT2D eigenvalue weighted by molar-refractivity contribution is 7.12. The Morgan fingerprint density at radius 1 is 1.42 bits per heavy atom. The van der Waals surface area contributed by atoms with E-state index in [0.717, 1.165) is 16.3 Å². The van der Waals surface area contributed by atoms with Crippen LogP contribution < -0.4 is 5.32 Å². The summed E-state index contributed by atoms with van der Waals surface area (Å²) in [6.07, 6.45) is 0. The number of carbonyl (C=O) groups is 1. The number of nitrogens with zero attached hydrogens (tertiary/aromatic N) is 2. The molecule has 0 bridgehead atoms. The van der Waals surface area contributed by atoms with Crippen LogP contribution in [-0.2, 0) is 4.79 Å². The van der Waals surface area contributed by atoms with Crippen LogP contribution in [-0.4, -0.2) is 27.3 Å². The normalized spacial score (nSPS) is 12.4. The fourth-order valence-electron chi connectivity index (χ4n) is 1.73. The van der Waals surface area contributed by atoms with E-state index in [-0.39, 0.29) is 5.92 Å². The van der Waals surface area contributed by atoms with E-state index in [1.54, 1.807) is 5.51 Å². The van der Waals surface area contributed by atoms with Gasteiger partial charge in [0.1, 0.15) is 16.6 Å². The van der Waals surface area contributed by atoms with Crippen LogP contribution >= 0.6 is 11.3 Å². The molecular weight excluding hydrogens is 262 g/mol. The number of anilines is 1. The predicted molar refractivity (Wildman–Crippen MR) is 75.2 cm³/mol. The van der Waals surface area contributed by atoms with Crippen molar-refractivity contribution in [3.05, 3.63) is 29.8 Å². The Balaban J connectivity index is 2.22. The smallest absolute Gasteiger partial charge is 0.326 e. The van der Waals surface area contributed by atoms with E-state index in [0.29, 0.717) is 0 Å². The first-order valence-electron chi connectivity index (χ1n) is 5.94. The van der Waals surface area contributed by atoms with E-state index >= 15 is 0 Å². The molecule has 2 rings (SSSR count). The van der Waals surface area contributed by atoms with Gasteiger partial charge in [0.15, 0.2) is 0 Å². The van der Waals surface area contributed by atoms with Crippen molar-refractivity contribution in [2.45, 2.75) is 19.9 Å². The number of aromatic nitrogens is 2. The number of benzene rings is 1. The van der Waals surface area contributed by atoms with Crippen molar-refractivity contribution in [3.8, 4) is 10.6 Å². The minimum absolute atomic E-state index is 0.00249. The van der Waals surface area contributed by atoms with Crippen LogP contribution in [0.2, 0.25) is 0 Å². The van der Waals surface area contributed by atoms with Crippen LogP contribution in [0.5, 0.6) is 0 Å². The van der Waals surface area contributed by atoms with Crippen LogP contribution in [0.25, 0.3) is 10.6 Å². The van der Waals surface area contributed by atoms with Gasteiger partial charge in [-0.3, -0.25) is 0 Å². The molecule has 0 aliphatic carbocycles. The zero-order valence-electron chi connectivity index (χ0n) is 10.7. The molecule has 0 amide bonds. The van der Waals surface area contributed by atoms with Gasteiger partial charge in [0, 0.05) is 11.3 Å². The van der Waals surface area contributed by atoms with Crippen molar-refractivity contribution in [2.75, 3.05) is 5.32 Å². The zero-order chi connectivity index (χ0) is 13.8. The van der Waals surface area contributed by atoms with Gasteiger partial charge in [-0.15, -0.1) is 10.2 Å². The van der Waals surface area contributed by atoms with Gasteiger partial charge in [-0.25, -0.2) is 4.79 Å². The molecule has 2 N–H and O–H groups in total. The van der Waals surface area contributed by atoms with Crippen molar-refractivity contribution in [2.24, 2.45) is 5.92 Å². The molecule has 0 fully saturated rings. The van der Waals surface area contributed by atoms with Gasteiger partial charge in [0.05, 0.1) is 0 Å². The summed E-state index contributed by atoms with van der Waals surface area (Å²) in [6.45, 7) is 3.75. The Morgan fingerprint density at radius 2 is 2.21 bits per heavy atom. The monoisotopic (exact) mass is 277 g/mol. The third-order valence-electron chi connectivity index (χ3n) is 2.72. The molecule has 100 valence electrons. The molecule has 1 heterocycles. The molecule has 0 spiro atoms. The zero-order valence-corrected chi connectivity index (χ0v) is 11.5. The number of aliphatic carboxylic acids is 1. The largest absolute Gasteiger partial charge is 0.480 e. The average molecular weight is 277 g/mol. The lowest BCUT2D eigenvalue weighted by Crippen LogP contribution is -2.34. The van der Waals surface area contributed by atoms with Crippen LogP contribution in [0.1, 0.15) is 13.8 Å². The van der Waals surface area contributed by atoms with Crippen LogP contribution in [0.15, 0.2) is 29.8 Å². The lowest BCUT2D eigenvalue weighted by atomic mass is 10.0. The summed E-state index contributed by atoms with van der Waals surface area (Å²) in [5.74, 6) is -0.848. The Bertz CT molecular complexity index is 555. The Kier molecular flexibility index (Phi) is 4.11. The van der Waals surface area contributed by atoms with Crippen LogP contribution in [0.4, 0.5) is 5.69 Å². The molecule has 0 unspecified atom stereocenters. The van der Waals surface area contributed by atoms with E-state index in [2.05, 4.69) is 15.5 Å². The van der Waals surface area contributed by atoms with Crippen molar-refractivity contribution >= 4 is 23.0 Å². The standard InChI is InChI=1S/C13H15N3O2S/c1-8(2)11(13(17)18)15-10-5-3-4-9(6-10)12-16-14-7-19-12/h3-8,11,15H,1-2H3,(H,17,18)/t11-/m0/s1. The fraction of sp³-hybridized carbons (Fsp3) is 0.308. The lowest BCUT2D eigenvalue weighted by Gasteiger charge is -2.19. The van der Waals surface area contributed by atoms with Gasteiger partial charge >= 0.3 is 5.97 Å². The van der Waals surface area contributed by atoms with Gasteiger partial charge in [0.25, 0.3) is 0 Å². The van der Waals surface area contributed by atoms with E-state index in [4.69, 9.17) is 0 Å². The SMILES string of the molecule is CC(C)[C@H](Nc1cccc(-c2nncs2)c1)C(=O)O. The molecule has 0 aliphatic rings. The second kappa shape index (κ2) is 5.79. The summed E-state index contributed by atoms with van der Waals surface area (Å²) in [4.78, 5) is 11.2. The van der Waals surface area contributed by atoms with Gasteiger partial charge < -0.3 is 10.4 Å². The molecule has 1 aromatic heterocycles. The second-order valence-corrected chi connectivity index (χ2v) is 5.36. The van der Waals surface area contributed by atoms with Crippen molar-refractivity contribution < 1.29 is 9.90 Å². The quantitative estimate of drug-likeness (QED) is 0.879. The number of rotatable bonds is 5. The van der Waals surface area contributed by atoms with E-state index in [1.807, 2.05) is 38.1 Å². The van der Waals surface area contributed by atoms with E-state index < -0.39 is 12.0 Å². The number of carboxylic acids is 1. The summed E-state index contributed by atoms with van der Waals surface area (Å²) in [7, 11) is 0. The molecule has 2 aromatic rings. The minimum atomic E-state index is -0.851. The minimum Gasteiger partial charge on any atom is -0.480 e. The highest BCUT2D eigenvalue weighted by Gasteiger charge is 2.21. The van der Waals surface area contributed by atoms with Gasteiger partial charge in [0.2, 0.25) is 0 Å². The van der Waals surface area contributed by atoms with E-state index in [9.17, 15) is 9.90 Å². The van der Waals surface area contributed by atoms with E-state index in [1.165, 1.54) is 11.3 Å². The summed E-state index contributed by atoms with van der Waals surface area (Å²) in [5, 5.41) is 20.8. The first kappa shape index (κ1) is 13.5. The lowest BCUT2D eigenvalue weighted by molar-refractivity contribution is -0.138. The summed E-state index contributed by atoms with van der Waals surface area (Å²) in [6, 6.07) is 6.93. The number of nitrogens with one attached hydrogen (secondary N) is 1. The molecule has 0 saturated carbocycles. The Morgan fingerprint density at radius 3 is 2.79 bits per heavy atom. The molecule has 0 saturated heterocycles. The Labute approximate surface area is 115 Å². The molecule has 5 nitrogen and oxygen atoms in total. The van der Waals surface area contributed by atoms with Crippen LogP contribution in [0, 0.1) is 5.92 Å². The summed E-state index contributed by atoms with van der Waals surface area (Å²) in [5.41, 5.74) is 3.37. The van der Waals surface area contributed by atoms with Crippen molar-refractivity contribution in [1.82, 2.24) is 10.2 Å². The molecule has 0 aliphatic heterocycles. The van der Waals surface area contributed by atoms with Gasteiger partial charge in [-0.1, -0.05) is 37.3 Å². The van der Waals surface area contributed by atoms with Gasteiger partial charge in [-0.2, -0.15) is 0 Å². The maximum Gasteiger partial charge on any atom is 0.326 e. The van der Waals surface area contributed by atoms with Crippen LogP contribution in [0.3, 0.4) is 0 Å². The third-order valence-corrected chi connectivity index (χ3v) is 3.46. The number of hydrogen-bond acceptors (Lipinski definition) is 5. The fourth-order valence-corrected chi connectivity index (χ4v) is 2.29. The summed E-state index contributed by atoms with van der Waals surface area (Å²) < 4.78 is 0. The first-order valence-corrected chi connectivity index (χ1v) is 6.82. The molecule has 6 heteroatoms. The second-order valence-electron chi connectivity index (χ2n) is 4.53. The molecule has 1 atom stereocenters. The molecule has 1 aromatic carbocycles. The van der Waals surface area contributed by atoms with Crippen molar-refractivity contribution in [3.63, 3.8) is 0 Å². The Hall–Kier alpha value is -1.95. The van der Waals surface area contributed by atoms with Crippen molar-refractivity contribution in [1.29, 1.82) is 0 Å². The highest BCUT2D eigenvalue weighted by Crippen LogP contribution is 2.24. The highest BCUT2D eigenvalue weighted by atomic mass is 32.1. The van der Waals surface area contributed by atoms with Gasteiger partial charge in [-0.05, 0) is 18.1 Å². The maximum absolute atomic E-state index is 11.2. The summed E-state index contributed by atoms with van der Waals surface area (Å²) >= 11 is 1.45. The number of carboxylic acid groups (broad SMARTS) is 1. The predicted octanol–water partition coefficient (Wildman–Crippen LogP) is 2.73. The first-order chi connectivity index (χ1) is 9.08. The average Bonchev–Trinajstić information content (AvgIpc) is 2.89. The third kappa shape index (κ3) is 3.29. The number of hydrogen-bond donors (Lipinski definition) is 2. The maximum atomic E-state index is 11.2. The molecular formula is C13H15N3O2S. The molecule has 19 heavy (non-hydrogen) atoms.